The molecule has 2 aromatic carbocycles. The van der Waals surface area contributed by atoms with E-state index in [-0.39, 0.29) is 12.5 Å². The van der Waals surface area contributed by atoms with E-state index in [9.17, 15) is 9.59 Å². The molecular weight excluding hydrogens is 346 g/mol. The highest BCUT2D eigenvalue weighted by Crippen LogP contribution is 2.11. The molecule has 2 N–H and O–H groups in total. The lowest BCUT2D eigenvalue weighted by Gasteiger charge is -2.04. The largest absolute Gasteiger partial charge is 0.343 e. The first kappa shape index (κ1) is 15.9. The normalized spacial score (nSPS) is 10.4. The van der Waals surface area contributed by atoms with Crippen LogP contribution in [0.1, 0.15) is 15.9 Å². The number of benzene rings is 2. The molecule has 2 amide bonds. The second kappa shape index (κ2) is 8.09. The minimum atomic E-state index is -0.393. The number of hydrazone groups is 1. The molecule has 0 spiro atoms. The summed E-state index contributed by atoms with van der Waals surface area (Å²) in [6, 6.07) is 16.3. The number of amides is 2. The zero-order valence-electron chi connectivity index (χ0n) is 11.6. The summed E-state index contributed by atoms with van der Waals surface area (Å²) in [6.45, 7) is -0.141. The molecule has 2 rings (SSSR count). The lowest BCUT2D eigenvalue weighted by atomic mass is 10.2. The number of hydrogen-bond donors (Lipinski definition) is 2. The van der Waals surface area contributed by atoms with Gasteiger partial charge in [-0.1, -0.05) is 52.3 Å². The standard InChI is InChI=1S/C16H14BrN3O2/c17-14-8-4-7-13(9-14)16(22)18-11-15(21)20-19-10-12-5-2-1-3-6-12/h1-10H,11H2,(H,18,22)(H,20,21). The van der Waals surface area contributed by atoms with Crippen LogP contribution < -0.4 is 10.7 Å². The van der Waals surface area contributed by atoms with Crippen LogP contribution >= 0.6 is 15.9 Å². The molecule has 0 radical (unpaired) electrons. The van der Waals surface area contributed by atoms with Crippen LogP contribution in [0.4, 0.5) is 0 Å². The van der Waals surface area contributed by atoms with E-state index in [1.54, 1.807) is 18.2 Å². The molecule has 0 aliphatic rings. The van der Waals surface area contributed by atoms with Crippen LogP contribution in [0.15, 0.2) is 64.2 Å². The van der Waals surface area contributed by atoms with E-state index < -0.39 is 5.91 Å². The number of rotatable bonds is 5. The number of halogens is 1. The van der Waals surface area contributed by atoms with Gasteiger partial charge in [0.05, 0.1) is 12.8 Å². The second-order valence-corrected chi connectivity index (χ2v) is 5.31. The molecule has 0 aromatic heterocycles. The van der Waals surface area contributed by atoms with Crippen LogP contribution in [0, 0.1) is 0 Å². The van der Waals surface area contributed by atoms with Crippen molar-refractivity contribution in [2.75, 3.05) is 6.54 Å². The van der Waals surface area contributed by atoms with Gasteiger partial charge in [0.2, 0.25) is 0 Å². The number of nitrogens with zero attached hydrogens (tertiary/aromatic N) is 1. The Morgan fingerprint density at radius 3 is 2.59 bits per heavy atom. The summed E-state index contributed by atoms with van der Waals surface area (Å²) < 4.78 is 0.803. The Hall–Kier alpha value is -2.47. The summed E-state index contributed by atoms with van der Waals surface area (Å²) in [5.74, 6) is -0.709. The van der Waals surface area contributed by atoms with Crippen LogP contribution in [-0.4, -0.2) is 24.6 Å². The number of carbonyl (C=O) groups excluding carboxylic acids is 2. The van der Waals surface area contributed by atoms with Crippen molar-refractivity contribution in [2.45, 2.75) is 0 Å². The smallest absolute Gasteiger partial charge is 0.259 e. The third-order valence-electron chi connectivity index (χ3n) is 2.70. The van der Waals surface area contributed by atoms with Gasteiger partial charge in [0.1, 0.15) is 0 Å². The van der Waals surface area contributed by atoms with Gasteiger partial charge in [-0.15, -0.1) is 0 Å². The summed E-state index contributed by atoms with van der Waals surface area (Å²) >= 11 is 3.29. The fourth-order valence-electron chi connectivity index (χ4n) is 1.65. The van der Waals surface area contributed by atoms with Gasteiger partial charge in [0.25, 0.3) is 11.8 Å². The van der Waals surface area contributed by atoms with Crippen molar-refractivity contribution in [3.05, 3.63) is 70.2 Å². The molecule has 0 heterocycles. The van der Waals surface area contributed by atoms with Crippen molar-refractivity contribution in [1.82, 2.24) is 10.7 Å². The Balaban J connectivity index is 1.78. The Morgan fingerprint density at radius 1 is 1.09 bits per heavy atom. The van der Waals surface area contributed by atoms with Gasteiger partial charge in [-0.25, -0.2) is 5.43 Å². The van der Waals surface area contributed by atoms with Crippen LogP contribution in [0.3, 0.4) is 0 Å². The van der Waals surface area contributed by atoms with E-state index in [0.29, 0.717) is 5.56 Å². The summed E-state index contributed by atoms with van der Waals surface area (Å²) in [5, 5.41) is 6.35. The van der Waals surface area contributed by atoms with Gasteiger partial charge in [-0.3, -0.25) is 9.59 Å². The monoisotopic (exact) mass is 359 g/mol. The maximum Gasteiger partial charge on any atom is 0.259 e. The summed E-state index contributed by atoms with van der Waals surface area (Å²) in [5.41, 5.74) is 3.71. The SMILES string of the molecule is O=C(CNC(=O)c1cccc(Br)c1)NN=Cc1ccccc1. The fraction of sp³-hybridized carbons (Fsp3) is 0.0625. The lowest BCUT2D eigenvalue weighted by molar-refractivity contribution is -0.120. The molecule has 5 nitrogen and oxygen atoms in total. The summed E-state index contributed by atoms with van der Waals surface area (Å²) in [7, 11) is 0. The van der Waals surface area contributed by atoms with E-state index >= 15 is 0 Å². The van der Waals surface area contributed by atoms with Crippen LogP contribution in [0.5, 0.6) is 0 Å². The number of hydrogen-bond acceptors (Lipinski definition) is 3. The Morgan fingerprint density at radius 2 is 1.86 bits per heavy atom. The van der Waals surface area contributed by atoms with E-state index in [2.05, 4.69) is 31.8 Å². The van der Waals surface area contributed by atoms with E-state index in [0.717, 1.165) is 10.0 Å². The Bertz CT molecular complexity index is 687. The molecule has 0 atom stereocenters. The molecule has 112 valence electrons. The molecule has 6 heteroatoms. The van der Waals surface area contributed by atoms with Gasteiger partial charge in [0, 0.05) is 10.0 Å². The van der Waals surface area contributed by atoms with Crippen molar-refractivity contribution in [1.29, 1.82) is 0 Å². The third kappa shape index (κ3) is 5.14. The average Bonchev–Trinajstić information content (AvgIpc) is 2.53. The molecule has 0 bridgehead atoms. The number of carbonyl (C=O) groups is 2. The predicted octanol–water partition coefficient (Wildman–Crippen LogP) is 2.33. The molecule has 0 saturated carbocycles. The second-order valence-electron chi connectivity index (χ2n) is 4.40. The van der Waals surface area contributed by atoms with Crippen LogP contribution in [0.2, 0.25) is 0 Å². The fourth-order valence-corrected chi connectivity index (χ4v) is 2.05. The number of nitrogens with one attached hydrogen (secondary N) is 2. The average molecular weight is 360 g/mol. The van der Waals surface area contributed by atoms with Crippen LogP contribution in [-0.2, 0) is 4.79 Å². The zero-order chi connectivity index (χ0) is 15.8. The first-order chi connectivity index (χ1) is 10.6. The highest BCUT2D eigenvalue weighted by Gasteiger charge is 2.07. The van der Waals surface area contributed by atoms with Gasteiger partial charge in [0.15, 0.2) is 0 Å². The summed E-state index contributed by atoms with van der Waals surface area (Å²) in [4.78, 5) is 23.4. The Kier molecular flexibility index (Phi) is 5.85. The van der Waals surface area contributed by atoms with Gasteiger partial charge < -0.3 is 5.32 Å². The topological polar surface area (TPSA) is 70.6 Å². The highest BCUT2D eigenvalue weighted by atomic mass is 79.9. The van der Waals surface area contributed by atoms with Gasteiger partial charge in [-0.05, 0) is 23.8 Å². The van der Waals surface area contributed by atoms with Crippen molar-refractivity contribution in [2.24, 2.45) is 5.10 Å². The minimum Gasteiger partial charge on any atom is -0.343 e. The Labute approximate surface area is 136 Å². The molecule has 0 saturated heterocycles. The predicted molar refractivity (Wildman–Crippen MR) is 88.7 cm³/mol. The molecular formula is C16H14BrN3O2. The first-order valence-electron chi connectivity index (χ1n) is 6.56. The molecule has 0 unspecified atom stereocenters. The van der Waals surface area contributed by atoms with Gasteiger partial charge >= 0.3 is 0 Å². The lowest BCUT2D eigenvalue weighted by Crippen LogP contribution is -2.34. The van der Waals surface area contributed by atoms with Gasteiger partial charge in [-0.2, -0.15) is 5.10 Å². The van der Waals surface area contributed by atoms with E-state index in [1.165, 1.54) is 6.21 Å². The maximum atomic E-state index is 11.8. The quantitative estimate of drug-likeness (QED) is 0.635. The molecule has 0 fully saturated rings. The molecule has 0 aliphatic heterocycles. The minimum absolute atomic E-state index is 0.141. The van der Waals surface area contributed by atoms with Crippen molar-refractivity contribution >= 4 is 34.0 Å². The van der Waals surface area contributed by atoms with E-state index in [1.807, 2.05) is 36.4 Å². The third-order valence-corrected chi connectivity index (χ3v) is 3.19. The van der Waals surface area contributed by atoms with E-state index in [4.69, 9.17) is 0 Å². The van der Waals surface area contributed by atoms with Crippen LogP contribution in [0.25, 0.3) is 0 Å². The van der Waals surface area contributed by atoms with Crippen molar-refractivity contribution in [3.8, 4) is 0 Å². The summed E-state index contributed by atoms with van der Waals surface area (Å²) in [6.07, 6.45) is 1.54. The highest BCUT2D eigenvalue weighted by molar-refractivity contribution is 9.10. The molecule has 2 aromatic rings. The zero-order valence-corrected chi connectivity index (χ0v) is 13.2. The molecule has 0 aliphatic carbocycles. The maximum absolute atomic E-state index is 11.8. The van der Waals surface area contributed by atoms with Crippen molar-refractivity contribution < 1.29 is 9.59 Å². The van der Waals surface area contributed by atoms with Crippen molar-refractivity contribution in [3.63, 3.8) is 0 Å². The first-order valence-corrected chi connectivity index (χ1v) is 7.35. The molecule has 22 heavy (non-hydrogen) atoms.